The third-order valence-electron chi connectivity index (χ3n) is 2.98. The van der Waals surface area contributed by atoms with E-state index in [0.29, 0.717) is 0 Å². The van der Waals surface area contributed by atoms with Crippen LogP contribution in [0.4, 0.5) is 5.82 Å². The summed E-state index contributed by atoms with van der Waals surface area (Å²) >= 11 is 5.93. The van der Waals surface area contributed by atoms with Gasteiger partial charge in [-0.25, -0.2) is 9.97 Å². The number of aromatic nitrogens is 2. The van der Waals surface area contributed by atoms with E-state index in [9.17, 15) is 0 Å². The van der Waals surface area contributed by atoms with Crippen LogP contribution in [0.25, 0.3) is 10.9 Å². The predicted octanol–water partition coefficient (Wildman–Crippen LogP) is 3.90. The second kappa shape index (κ2) is 8.02. The zero-order valence-corrected chi connectivity index (χ0v) is 12.5. The van der Waals surface area contributed by atoms with Gasteiger partial charge in [-0.3, -0.25) is 0 Å². The first kappa shape index (κ1) is 15.0. The first-order chi connectivity index (χ1) is 9.81. The van der Waals surface area contributed by atoms with Crippen LogP contribution >= 0.6 is 11.6 Å². The molecule has 1 aromatic heterocycles. The van der Waals surface area contributed by atoms with E-state index in [4.69, 9.17) is 16.3 Å². The molecular weight excluding hydrogens is 274 g/mol. The van der Waals surface area contributed by atoms with Gasteiger partial charge in [-0.15, -0.1) is 0 Å². The van der Waals surface area contributed by atoms with Crippen LogP contribution in [-0.2, 0) is 4.74 Å². The Morgan fingerprint density at radius 2 is 1.95 bits per heavy atom. The Hall–Kier alpha value is -1.39. The molecule has 0 amide bonds. The Morgan fingerprint density at radius 1 is 1.15 bits per heavy atom. The lowest BCUT2D eigenvalue weighted by molar-refractivity contribution is 0.131. The Bertz CT molecular complexity index is 548. The number of anilines is 1. The molecule has 1 heterocycles. The van der Waals surface area contributed by atoms with E-state index >= 15 is 0 Å². The van der Waals surface area contributed by atoms with Gasteiger partial charge in [0.2, 0.25) is 5.28 Å². The van der Waals surface area contributed by atoms with Crippen LogP contribution < -0.4 is 5.32 Å². The number of unbranched alkanes of at least 4 members (excludes halogenated alkanes) is 1. The minimum atomic E-state index is 0.269. The number of benzene rings is 1. The smallest absolute Gasteiger partial charge is 0.224 e. The quantitative estimate of drug-likeness (QED) is 0.592. The molecule has 20 heavy (non-hydrogen) atoms. The number of fused-ring (bicyclic) bond motifs is 1. The van der Waals surface area contributed by atoms with E-state index < -0.39 is 0 Å². The number of nitrogens with zero attached hydrogens (tertiary/aromatic N) is 2. The molecular formula is C15H20ClN3O. The summed E-state index contributed by atoms with van der Waals surface area (Å²) < 4.78 is 5.52. The summed E-state index contributed by atoms with van der Waals surface area (Å²) in [6.45, 7) is 4.58. The average Bonchev–Trinajstić information content (AvgIpc) is 2.46. The van der Waals surface area contributed by atoms with Crippen LogP contribution in [0, 0.1) is 0 Å². The van der Waals surface area contributed by atoms with Crippen LogP contribution in [0.2, 0.25) is 5.28 Å². The zero-order chi connectivity index (χ0) is 14.2. The van der Waals surface area contributed by atoms with Crippen LogP contribution in [0.3, 0.4) is 0 Å². The number of para-hydroxylation sites is 1. The topological polar surface area (TPSA) is 47.0 Å². The molecule has 0 fully saturated rings. The molecule has 1 N–H and O–H groups in total. The third kappa shape index (κ3) is 4.32. The Labute approximate surface area is 124 Å². The number of rotatable bonds is 8. The van der Waals surface area contributed by atoms with E-state index in [0.717, 1.165) is 49.3 Å². The number of hydrogen-bond acceptors (Lipinski definition) is 4. The van der Waals surface area contributed by atoms with Crippen molar-refractivity contribution in [2.24, 2.45) is 0 Å². The highest BCUT2D eigenvalue weighted by molar-refractivity contribution is 6.28. The molecule has 0 saturated carbocycles. The fourth-order valence-electron chi connectivity index (χ4n) is 1.91. The minimum absolute atomic E-state index is 0.269. The van der Waals surface area contributed by atoms with Gasteiger partial charge in [0.15, 0.2) is 0 Å². The molecule has 4 nitrogen and oxygen atoms in total. The highest BCUT2D eigenvalue weighted by Crippen LogP contribution is 2.21. The largest absolute Gasteiger partial charge is 0.381 e. The monoisotopic (exact) mass is 293 g/mol. The lowest BCUT2D eigenvalue weighted by Crippen LogP contribution is -2.08. The maximum atomic E-state index is 5.93. The van der Waals surface area contributed by atoms with Crippen LogP contribution in [0.1, 0.15) is 26.2 Å². The molecule has 1 aromatic carbocycles. The van der Waals surface area contributed by atoms with Crippen molar-refractivity contribution in [1.29, 1.82) is 0 Å². The van der Waals surface area contributed by atoms with E-state index in [1.54, 1.807) is 0 Å². The van der Waals surface area contributed by atoms with Crippen LogP contribution in [0.15, 0.2) is 24.3 Å². The van der Waals surface area contributed by atoms with Crippen LogP contribution in [0.5, 0.6) is 0 Å². The van der Waals surface area contributed by atoms with Gasteiger partial charge in [0.05, 0.1) is 5.52 Å². The summed E-state index contributed by atoms with van der Waals surface area (Å²) in [7, 11) is 0. The van der Waals surface area contributed by atoms with Crippen molar-refractivity contribution in [2.75, 3.05) is 25.1 Å². The maximum Gasteiger partial charge on any atom is 0.224 e. The Morgan fingerprint density at radius 3 is 2.80 bits per heavy atom. The summed E-state index contributed by atoms with van der Waals surface area (Å²) in [4.78, 5) is 8.46. The first-order valence-corrected chi connectivity index (χ1v) is 7.43. The lowest BCUT2D eigenvalue weighted by atomic mass is 10.2. The van der Waals surface area contributed by atoms with E-state index in [1.807, 2.05) is 24.3 Å². The maximum absolute atomic E-state index is 5.93. The SMILES string of the molecule is CCCCOCCCNc1nc(Cl)nc2ccccc12. The number of halogens is 1. The molecule has 0 spiro atoms. The summed E-state index contributed by atoms with van der Waals surface area (Å²) in [5, 5.41) is 4.56. The number of hydrogen-bond donors (Lipinski definition) is 1. The highest BCUT2D eigenvalue weighted by Gasteiger charge is 2.05. The highest BCUT2D eigenvalue weighted by atomic mass is 35.5. The van der Waals surface area contributed by atoms with E-state index in [2.05, 4.69) is 22.2 Å². The van der Waals surface area contributed by atoms with Gasteiger partial charge in [-0.05, 0) is 36.6 Å². The standard InChI is InChI=1S/C15H20ClN3O/c1-2-3-10-20-11-6-9-17-14-12-7-4-5-8-13(12)18-15(16)19-14/h4-5,7-8H,2-3,6,9-11H2,1H3,(H,17,18,19). The van der Waals surface area contributed by atoms with Gasteiger partial charge in [0, 0.05) is 25.1 Å². The van der Waals surface area contributed by atoms with Gasteiger partial charge in [0.1, 0.15) is 5.82 Å². The van der Waals surface area contributed by atoms with Crippen molar-refractivity contribution >= 4 is 28.3 Å². The number of nitrogens with one attached hydrogen (secondary N) is 1. The van der Waals surface area contributed by atoms with Crippen molar-refractivity contribution < 1.29 is 4.74 Å². The molecule has 0 bridgehead atoms. The lowest BCUT2D eigenvalue weighted by Gasteiger charge is -2.09. The van der Waals surface area contributed by atoms with Crippen molar-refractivity contribution in [1.82, 2.24) is 9.97 Å². The molecule has 0 aliphatic rings. The molecule has 2 rings (SSSR count). The van der Waals surface area contributed by atoms with Gasteiger partial charge in [0.25, 0.3) is 0 Å². The predicted molar refractivity (Wildman–Crippen MR) is 83.4 cm³/mol. The summed E-state index contributed by atoms with van der Waals surface area (Å²) in [5.41, 5.74) is 0.856. The summed E-state index contributed by atoms with van der Waals surface area (Å²) in [6.07, 6.45) is 3.24. The van der Waals surface area contributed by atoms with Crippen molar-refractivity contribution in [3.63, 3.8) is 0 Å². The summed E-state index contributed by atoms with van der Waals surface area (Å²) in [5.74, 6) is 0.786. The van der Waals surface area contributed by atoms with Gasteiger partial charge < -0.3 is 10.1 Å². The second-order valence-electron chi connectivity index (χ2n) is 4.60. The van der Waals surface area contributed by atoms with Gasteiger partial charge >= 0.3 is 0 Å². The fraction of sp³-hybridized carbons (Fsp3) is 0.467. The third-order valence-corrected chi connectivity index (χ3v) is 3.15. The van der Waals surface area contributed by atoms with Crippen molar-refractivity contribution in [3.8, 4) is 0 Å². The van der Waals surface area contributed by atoms with Gasteiger partial charge in [-0.2, -0.15) is 0 Å². The number of ether oxygens (including phenoxy) is 1. The Kier molecular flexibility index (Phi) is 6.02. The molecule has 0 atom stereocenters. The molecule has 108 valence electrons. The van der Waals surface area contributed by atoms with E-state index in [1.165, 1.54) is 6.42 Å². The first-order valence-electron chi connectivity index (χ1n) is 7.05. The minimum Gasteiger partial charge on any atom is -0.381 e. The molecule has 0 saturated heterocycles. The molecule has 0 unspecified atom stereocenters. The zero-order valence-electron chi connectivity index (χ0n) is 11.7. The van der Waals surface area contributed by atoms with Crippen LogP contribution in [-0.4, -0.2) is 29.7 Å². The summed E-state index contributed by atoms with van der Waals surface area (Å²) in [6, 6.07) is 7.84. The molecule has 5 heteroatoms. The second-order valence-corrected chi connectivity index (χ2v) is 4.94. The molecule has 0 aliphatic heterocycles. The van der Waals surface area contributed by atoms with Crippen molar-refractivity contribution in [3.05, 3.63) is 29.5 Å². The van der Waals surface area contributed by atoms with Crippen molar-refractivity contribution in [2.45, 2.75) is 26.2 Å². The Balaban J connectivity index is 1.86. The van der Waals surface area contributed by atoms with E-state index in [-0.39, 0.29) is 5.28 Å². The molecule has 0 aliphatic carbocycles. The molecule has 2 aromatic rings. The molecule has 0 radical (unpaired) electrons. The normalized spacial score (nSPS) is 10.9. The average molecular weight is 294 g/mol. The fourth-order valence-corrected chi connectivity index (χ4v) is 2.09. The van der Waals surface area contributed by atoms with Gasteiger partial charge in [-0.1, -0.05) is 25.5 Å².